The first-order valence-electron chi connectivity index (χ1n) is 6.23. The first-order chi connectivity index (χ1) is 9.10. The largest absolute Gasteiger partial charge is 0.495 e. The second kappa shape index (κ2) is 6.15. The van der Waals surface area contributed by atoms with Crippen molar-refractivity contribution in [1.29, 1.82) is 0 Å². The first kappa shape index (κ1) is 14.0. The Labute approximate surface area is 122 Å². The van der Waals surface area contributed by atoms with Gasteiger partial charge in [-0.2, -0.15) is 0 Å². The molecule has 0 amide bonds. The summed E-state index contributed by atoms with van der Waals surface area (Å²) in [5, 5.41) is 3.49. The summed E-state index contributed by atoms with van der Waals surface area (Å²) in [6, 6.07) is 8.21. The van der Waals surface area contributed by atoms with Crippen LogP contribution in [-0.2, 0) is 6.42 Å². The van der Waals surface area contributed by atoms with Crippen molar-refractivity contribution in [1.82, 2.24) is 0 Å². The Bertz CT molecular complexity index is 537. The Kier molecular flexibility index (Phi) is 4.53. The van der Waals surface area contributed by atoms with Crippen molar-refractivity contribution in [3.05, 3.63) is 46.3 Å². The van der Waals surface area contributed by atoms with Crippen LogP contribution in [0.25, 0.3) is 0 Å². The quantitative estimate of drug-likeness (QED) is 0.885. The predicted octanol–water partition coefficient (Wildman–Crippen LogP) is 4.40. The number of rotatable bonds is 5. The summed E-state index contributed by atoms with van der Waals surface area (Å²) >= 11 is 3.48. The Morgan fingerprint density at radius 3 is 2.84 bits per heavy atom. The lowest BCUT2D eigenvalue weighted by Gasteiger charge is -2.19. The molecule has 0 spiro atoms. The molecule has 4 heteroatoms. The highest BCUT2D eigenvalue weighted by Gasteiger charge is 2.12. The average molecular weight is 324 g/mol. The maximum atomic E-state index is 5.43. The zero-order chi connectivity index (χ0) is 13.8. The number of halogens is 1. The van der Waals surface area contributed by atoms with Crippen molar-refractivity contribution >= 4 is 21.6 Å². The minimum atomic E-state index is 0.264. The van der Waals surface area contributed by atoms with Gasteiger partial charge in [0.1, 0.15) is 11.5 Å². The van der Waals surface area contributed by atoms with Gasteiger partial charge in [-0.3, -0.25) is 0 Å². The SMILES string of the molecule is COc1cc(Br)cc(C)c1NC(C)Cc1ccco1. The van der Waals surface area contributed by atoms with E-state index in [4.69, 9.17) is 9.15 Å². The summed E-state index contributed by atoms with van der Waals surface area (Å²) in [4.78, 5) is 0. The van der Waals surface area contributed by atoms with E-state index in [1.807, 2.05) is 18.2 Å². The van der Waals surface area contributed by atoms with E-state index in [1.165, 1.54) is 0 Å². The lowest BCUT2D eigenvalue weighted by molar-refractivity contribution is 0.415. The predicted molar refractivity (Wildman–Crippen MR) is 80.9 cm³/mol. The van der Waals surface area contributed by atoms with Crippen LogP contribution < -0.4 is 10.1 Å². The van der Waals surface area contributed by atoms with E-state index in [1.54, 1.807) is 13.4 Å². The molecule has 0 aliphatic heterocycles. The fourth-order valence-corrected chi connectivity index (χ4v) is 2.64. The lowest BCUT2D eigenvalue weighted by Crippen LogP contribution is -2.19. The molecule has 102 valence electrons. The summed E-state index contributed by atoms with van der Waals surface area (Å²) in [5.41, 5.74) is 2.18. The summed E-state index contributed by atoms with van der Waals surface area (Å²) in [5.74, 6) is 1.83. The molecule has 1 atom stereocenters. The monoisotopic (exact) mass is 323 g/mol. The van der Waals surface area contributed by atoms with Gasteiger partial charge in [0.2, 0.25) is 0 Å². The third kappa shape index (κ3) is 3.53. The molecule has 2 aromatic rings. The van der Waals surface area contributed by atoms with Gasteiger partial charge in [-0.15, -0.1) is 0 Å². The van der Waals surface area contributed by atoms with E-state index >= 15 is 0 Å². The number of ether oxygens (including phenoxy) is 1. The normalized spacial score (nSPS) is 12.2. The number of furan rings is 1. The molecule has 2 rings (SSSR count). The molecular weight excluding hydrogens is 306 g/mol. The maximum Gasteiger partial charge on any atom is 0.143 e. The van der Waals surface area contributed by atoms with Crippen LogP contribution in [0.5, 0.6) is 5.75 Å². The van der Waals surface area contributed by atoms with Gasteiger partial charge in [-0.25, -0.2) is 0 Å². The Hall–Kier alpha value is -1.42. The zero-order valence-electron chi connectivity index (χ0n) is 11.4. The molecule has 0 aliphatic rings. The lowest BCUT2D eigenvalue weighted by atomic mass is 10.1. The second-order valence-electron chi connectivity index (χ2n) is 4.63. The number of hydrogen-bond acceptors (Lipinski definition) is 3. The fourth-order valence-electron chi connectivity index (χ4n) is 2.09. The van der Waals surface area contributed by atoms with Gasteiger partial charge < -0.3 is 14.5 Å². The number of methoxy groups -OCH3 is 1. The summed E-state index contributed by atoms with van der Waals surface area (Å²) in [6.45, 7) is 4.19. The molecule has 0 radical (unpaired) electrons. The highest BCUT2D eigenvalue weighted by atomic mass is 79.9. The number of benzene rings is 1. The van der Waals surface area contributed by atoms with E-state index in [0.717, 1.165) is 33.7 Å². The fraction of sp³-hybridized carbons (Fsp3) is 0.333. The highest BCUT2D eigenvalue weighted by Crippen LogP contribution is 2.32. The molecule has 3 nitrogen and oxygen atoms in total. The van der Waals surface area contributed by atoms with Crippen molar-refractivity contribution in [2.24, 2.45) is 0 Å². The van der Waals surface area contributed by atoms with Crippen molar-refractivity contribution in [3.8, 4) is 5.75 Å². The summed E-state index contributed by atoms with van der Waals surface area (Å²) in [6.07, 6.45) is 2.54. The van der Waals surface area contributed by atoms with E-state index in [9.17, 15) is 0 Å². The molecule has 1 aromatic carbocycles. The van der Waals surface area contributed by atoms with Gasteiger partial charge >= 0.3 is 0 Å². The number of hydrogen-bond donors (Lipinski definition) is 1. The molecule has 1 aromatic heterocycles. The van der Waals surface area contributed by atoms with Crippen LogP contribution in [-0.4, -0.2) is 13.2 Å². The van der Waals surface area contributed by atoms with Crippen LogP contribution in [0.15, 0.2) is 39.4 Å². The zero-order valence-corrected chi connectivity index (χ0v) is 13.0. The Balaban J connectivity index is 2.14. The maximum absolute atomic E-state index is 5.43. The number of anilines is 1. The third-order valence-corrected chi connectivity index (χ3v) is 3.42. The molecule has 1 N–H and O–H groups in total. The van der Waals surface area contributed by atoms with Gasteiger partial charge in [-0.1, -0.05) is 15.9 Å². The van der Waals surface area contributed by atoms with Gasteiger partial charge in [0.15, 0.2) is 0 Å². The molecule has 0 fully saturated rings. The van der Waals surface area contributed by atoms with Crippen molar-refractivity contribution < 1.29 is 9.15 Å². The van der Waals surface area contributed by atoms with Crippen molar-refractivity contribution in [2.75, 3.05) is 12.4 Å². The Morgan fingerprint density at radius 1 is 1.42 bits per heavy atom. The average Bonchev–Trinajstić information content (AvgIpc) is 2.85. The van der Waals surface area contributed by atoms with E-state index in [0.29, 0.717) is 0 Å². The standard InChI is InChI=1S/C15H18BrNO2/c1-10-7-12(16)9-14(18-3)15(10)17-11(2)8-13-5-4-6-19-13/h4-7,9,11,17H,8H2,1-3H3. The smallest absolute Gasteiger partial charge is 0.143 e. The topological polar surface area (TPSA) is 34.4 Å². The van der Waals surface area contributed by atoms with Gasteiger partial charge in [-0.05, 0) is 43.7 Å². The van der Waals surface area contributed by atoms with Gasteiger partial charge in [0.25, 0.3) is 0 Å². The molecule has 1 unspecified atom stereocenters. The van der Waals surface area contributed by atoms with E-state index < -0.39 is 0 Å². The van der Waals surface area contributed by atoms with Crippen molar-refractivity contribution in [3.63, 3.8) is 0 Å². The molecule has 0 saturated carbocycles. The van der Waals surface area contributed by atoms with E-state index in [2.05, 4.69) is 41.2 Å². The number of aryl methyl sites for hydroxylation is 1. The third-order valence-electron chi connectivity index (χ3n) is 2.96. The molecular formula is C15H18BrNO2. The summed E-state index contributed by atoms with van der Waals surface area (Å²) in [7, 11) is 1.68. The number of nitrogens with one attached hydrogen (secondary N) is 1. The minimum absolute atomic E-state index is 0.264. The minimum Gasteiger partial charge on any atom is -0.495 e. The Morgan fingerprint density at radius 2 is 2.21 bits per heavy atom. The molecule has 19 heavy (non-hydrogen) atoms. The van der Waals surface area contributed by atoms with Crippen LogP contribution in [0.1, 0.15) is 18.2 Å². The van der Waals surface area contributed by atoms with Crippen LogP contribution >= 0.6 is 15.9 Å². The molecule has 0 saturated heterocycles. The van der Waals surface area contributed by atoms with Gasteiger partial charge in [0, 0.05) is 16.9 Å². The molecule has 0 bridgehead atoms. The molecule has 0 aliphatic carbocycles. The highest BCUT2D eigenvalue weighted by molar-refractivity contribution is 9.10. The van der Waals surface area contributed by atoms with Crippen molar-refractivity contribution in [2.45, 2.75) is 26.3 Å². The second-order valence-corrected chi connectivity index (χ2v) is 5.54. The van der Waals surface area contributed by atoms with Gasteiger partial charge in [0.05, 0.1) is 19.1 Å². The van der Waals surface area contributed by atoms with Crippen LogP contribution in [0.3, 0.4) is 0 Å². The first-order valence-corrected chi connectivity index (χ1v) is 7.02. The van der Waals surface area contributed by atoms with E-state index in [-0.39, 0.29) is 6.04 Å². The van der Waals surface area contributed by atoms with Crippen LogP contribution in [0.2, 0.25) is 0 Å². The summed E-state index contributed by atoms with van der Waals surface area (Å²) < 4.78 is 11.8. The van der Waals surface area contributed by atoms with Crippen LogP contribution in [0.4, 0.5) is 5.69 Å². The van der Waals surface area contributed by atoms with Crippen LogP contribution in [0, 0.1) is 6.92 Å². The molecule has 1 heterocycles.